The van der Waals surface area contributed by atoms with E-state index in [1.807, 2.05) is 62.4 Å². The topological polar surface area (TPSA) is 80.1 Å². The molecule has 0 saturated heterocycles. The zero-order valence-electron chi connectivity index (χ0n) is 16.0. The van der Waals surface area contributed by atoms with E-state index in [4.69, 9.17) is 9.15 Å². The maximum absolute atomic E-state index is 12.4. The van der Waals surface area contributed by atoms with Gasteiger partial charge in [-0.05, 0) is 38.1 Å². The maximum Gasteiger partial charge on any atom is 0.221 e. The number of aryl methyl sites for hydroxylation is 1. The zero-order chi connectivity index (χ0) is 19.5. The fraction of sp³-hybridized carbons (Fsp3) is 0.273. The summed E-state index contributed by atoms with van der Waals surface area (Å²) >= 11 is 0. The number of para-hydroxylation sites is 3. The van der Waals surface area contributed by atoms with Crippen molar-refractivity contribution < 1.29 is 13.9 Å². The Morgan fingerprint density at radius 2 is 2.11 bits per heavy atom. The van der Waals surface area contributed by atoms with Crippen molar-refractivity contribution >= 4 is 27.9 Å². The van der Waals surface area contributed by atoms with Gasteiger partial charge in [0, 0.05) is 18.2 Å². The number of fused-ring (bicyclic) bond motifs is 2. The predicted molar refractivity (Wildman–Crippen MR) is 108 cm³/mol. The van der Waals surface area contributed by atoms with Crippen molar-refractivity contribution in [3.63, 3.8) is 0 Å². The van der Waals surface area contributed by atoms with Crippen LogP contribution < -0.4 is 10.1 Å². The lowest BCUT2D eigenvalue weighted by Gasteiger charge is -2.11. The van der Waals surface area contributed by atoms with Crippen molar-refractivity contribution in [2.45, 2.75) is 32.7 Å². The van der Waals surface area contributed by atoms with Gasteiger partial charge in [0.25, 0.3) is 0 Å². The summed E-state index contributed by atoms with van der Waals surface area (Å²) in [5.74, 6) is 2.20. The molecule has 6 heteroatoms. The molecule has 2 heterocycles. The highest BCUT2D eigenvalue weighted by Crippen LogP contribution is 2.31. The van der Waals surface area contributed by atoms with Crippen LogP contribution in [0.5, 0.6) is 5.75 Å². The van der Waals surface area contributed by atoms with Crippen molar-refractivity contribution in [2.75, 3.05) is 6.61 Å². The average Bonchev–Trinajstić information content (AvgIpc) is 3.31. The second kappa shape index (κ2) is 7.76. The molecule has 2 aromatic heterocycles. The summed E-state index contributed by atoms with van der Waals surface area (Å²) < 4.78 is 11.6. The number of H-pyrrole nitrogens is 1. The summed E-state index contributed by atoms with van der Waals surface area (Å²) in [6.07, 6.45) is 0.913. The molecule has 0 spiro atoms. The lowest BCUT2D eigenvalue weighted by molar-refractivity contribution is -0.121. The van der Waals surface area contributed by atoms with Crippen molar-refractivity contribution in [1.29, 1.82) is 0 Å². The molecule has 2 aromatic carbocycles. The van der Waals surface area contributed by atoms with E-state index in [1.165, 1.54) is 0 Å². The number of nitrogens with zero attached hydrogens (tertiary/aromatic N) is 1. The Kier molecular flexibility index (Phi) is 5.02. The number of amides is 1. The highest BCUT2D eigenvalue weighted by Gasteiger charge is 2.16. The van der Waals surface area contributed by atoms with Gasteiger partial charge in [-0.25, -0.2) is 4.98 Å². The molecular weight excluding hydrogens is 354 g/mol. The number of rotatable bonds is 7. The second-order valence-electron chi connectivity index (χ2n) is 6.75. The minimum Gasteiger partial charge on any atom is -0.490 e. The van der Waals surface area contributed by atoms with E-state index < -0.39 is 0 Å². The minimum atomic E-state index is -0.231. The van der Waals surface area contributed by atoms with Crippen LogP contribution in [0.3, 0.4) is 0 Å². The molecule has 4 rings (SSSR count). The smallest absolute Gasteiger partial charge is 0.221 e. The number of nitrogens with one attached hydrogen (secondary N) is 2. The number of hydrogen-bond donors (Lipinski definition) is 2. The van der Waals surface area contributed by atoms with Crippen LogP contribution in [0.2, 0.25) is 0 Å². The summed E-state index contributed by atoms with van der Waals surface area (Å²) in [7, 11) is 0. The molecule has 1 amide bonds. The first kappa shape index (κ1) is 18.1. The van der Waals surface area contributed by atoms with Crippen LogP contribution in [0.15, 0.2) is 52.9 Å². The number of benzene rings is 2. The van der Waals surface area contributed by atoms with E-state index in [2.05, 4.69) is 15.3 Å². The molecular formula is C22H23N3O3. The lowest BCUT2D eigenvalue weighted by atomic mass is 10.2. The van der Waals surface area contributed by atoms with Crippen LogP contribution in [0.25, 0.3) is 22.0 Å². The quantitative estimate of drug-likeness (QED) is 0.496. The molecule has 6 nitrogen and oxygen atoms in total. The Morgan fingerprint density at radius 1 is 1.25 bits per heavy atom. The Hall–Kier alpha value is -3.28. The third-order valence-electron chi connectivity index (χ3n) is 4.66. The highest BCUT2D eigenvalue weighted by molar-refractivity contribution is 5.84. The van der Waals surface area contributed by atoms with Crippen molar-refractivity contribution in [2.24, 2.45) is 0 Å². The van der Waals surface area contributed by atoms with Gasteiger partial charge in [-0.1, -0.05) is 24.3 Å². The van der Waals surface area contributed by atoms with Gasteiger partial charge >= 0.3 is 0 Å². The number of hydrogen-bond acceptors (Lipinski definition) is 4. The lowest BCUT2D eigenvalue weighted by Crippen LogP contribution is -2.26. The molecule has 1 atom stereocenters. The van der Waals surface area contributed by atoms with Crippen molar-refractivity contribution in [3.8, 4) is 5.75 Å². The number of aromatic nitrogens is 2. The molecule has 4 aromatic rings. The first-order chi connectivity index (χ1) is 13.6. The van der Waals surface area contributed by atoms with E-state index in [0.29, 0.717) is 30.8 Å². The van der Waals surface area contributed by atoms with Crippen molar-refractivity contribution in [3.05, 3.63) is 60.1 Å². The molecule has 0 bridgehead atoms. The van der Waals surface area contributed by atoms with Gasteiger partial charge in [0.05, 0.1) is 23.7 Å². The summed E-state index contributed by atoms with van der Waals surface area (Å²) in [4.78, 5) is 20.1. The normalized spacial score (nSPS) is 12.4. The first-order valence-electron chi connectivity index (χ1n) is 9.52. The third kappa shape index (κ3) is 3.71. The molecule has 144 valence electrons. The number of furan rings is 1. The highest BCUT2D eigenvalue weighted by atomic mass is 16.5. The van der Waals surface area contributed by atoms with E-state index in [1.54, 1.807) is 0 Å². The molecule has 0 aliphatic heterocycles. The standard InChI is InChI=1S/C22H23N3O3/c1-3-27-18-10-6-7-15-13-19(28-22(15)18)14(2)23-21(26)12-11-20-24-16-8-4-5-9-17(16)25-20/h4-10,13-14H,3,11-12H2,1-2H3,(H,23,26)(H,24,25). The monoisotopic (exact) mass is 377 g/mol. The summed E-state index contributed by atoms with van der Waals surface area (Å²) in [6, 6.07) is 15.4. The zero-order valence-corrected chi connectivity index (χ0v) is 16.0. The molecule has 0 aliphatic carbocycles. The van der Waals surface area contributed by atoms with Crippen LogP contribution >= 0.6 is 0 Å². The number of ether oxygens (including phenoxy) is 1. The maximum atomic E-state index is 12.4. The SMILES string of the molecule is CCOc1cccc2cc(C(C)NC(=O)CCc3nc4ccccc4[nH]3)oc12. The Bertz CT molecular complexity index is 1080. The van der Waals surface area contributed by atoms with Crippen LogP contribution in [0, 0.1) is 0 Å². The van der Waals surface area contributed by atoms with Gasteiger partial charge in [0.2, 0.25) is 5.91 Å². The van der Waals surface area contributed by atoms with Crippen LogP contribution in [-0.2, 0) is 11.2 Å². The number of carbonyl (C=O) groups excluding carboxylic acids is 1. The number of aromatic amines is 1. The van der Waals surface area contributed by atoms with Gasteiger partial charge in [-0.15, -0.1) is 0 Å². The molecule has 0 radical (unpaired) electrons. The van der Waals surface area contributed by atoms with E-state index >= 15 is 0 Å². The van der Waals surface area contributed by atoms with Gasteiger partial charge in [0.1, 0.15) is 11.6 Å². The minimum absolute atomic E-state index is 0.0431. The summed E-state index contributed by atoms with van der Waals surface area (Å²) in [6.45, 7) is 4.42. The third-order valence-corrected chi connectivity index (χ3v) is 4.66. The Labute approximate surface area is 162 Å². The van der Waals surface area contributed by atoms with E-state index in [-0.39, 0.29) is 11.9 Å². The fourth-order valence-electron chi connectivity index (χ4n) is 3.28. The van der Waals surface area contributed by atoms with E-state index in [9.17, 15) is 4.79 Å². The van der Waals surface area contributed by atoms with Gasteiger partial charge in [-0.2, -0.15) is 0 Å². The Balaban J connectivity index is 1.40. The Morgan fingerprint density at radius 3 is 2.93 bits per heavy atom. The largest absolute Gasteiger partial charge is 0.490 e. The van der Waals surface area contributed by atoms with Gasteiger partial charge in [-0.3, -0.25) is 4.79 Å². The van der Waals surface area contributed by atoms with Crippen LogP contribution in [0.4, 0.5) is 0 Å². The van der Waals surface area contributed by atoms with Gasteiger partial charge < -0.3 is 19.5 Å². The molecule has 0 saturated carbocycles. The van der Waals surface area contributed by atoms with Crippen molar-refractivity contribution in [1.82, 2.24) is 15.3 Å². The fourth-order valence-corrected chi connectivity index (χ4v) is 3.28. The van der Waals surface area contributed by atoms with E-state index in [0.717, 1.165) is 28.0 Å². The molecule has 2 N–H and O–H groups in total. The summed E-state index contributed by atoms with van der Waals surface area (Å²) in [5, 5.41) is 3.96. The predicted octanol–water partition coefficient (Wildman–Crippen LogP) is 4.52. The molecule has 1 unspecified atom stereocenters. The average molecular weight is 377 g/mol. The summed E-state index contributed by atoms with van der Waals surface area (Å²) in [5.41, 5.74) is 2.61. The number of carbonyl (C=O) groups is 1. The first-order valence-corrected chi connectivity index (χ1v) is 9.52. The second-order valence-corrected chi connectivity index (χ2v) is 6.75. The van der Waals surface area contributed by atoms with Crippen LogP contribution in [0.1, 0.15) is 37.9 Å². The van der Waals surface area contributed by atoms with Crippen LogP contribution in [-0.4, -0.2) is 22.5 Å². The molecule has 0 fully saturated rings. The van der Waals surface area contributed by atoms with Gasteiger partial charge in [0.15, 0.2) is 11.3 Å². The molecule has 0 aliphatic rings. The number of imidazole rings is 1. The molecule has 28 heavy (non-hydrogen) atoms.